The average molecular weight is 412 g/mol. The lowest BCUT2D eigenvalue weighted by atomic mass is 9.92. The molecule has 4 rings (SSSR count). The Hall–Kier alpha value is -0.850. The second-order valence-corrected chi connectivity index (χ2v) is 8.76. The third-order valence-corrected chi connectivity index (χ3v) is 6.80. The van der Waals surface area contributed by atoms with Crippen molar-refractivity contribution in [1.82, 2.24) is 14.7 Å². The summed E-state index contributed by atoms with van der Waals surface area (Å²) in [6.45, 7) is 5.38. The molecule has 0 radical (unpaired) electrons. The predicted octanol–water partition coefficient (Wildman–Crippen LogP) is 2.54. The minimum Gasteiger partial charge on any atom is -0.373 e. The number of ether oxygens (including phenoxy) is 1. The first-order valence-electron chi connectivity index (χ1n) is 9.80. The van der Waals surface area contributed by atoms with E-state index in [-0.39, 0.29) is 18.1 Å². The molecular formula is C20H27Cl2N3O2. The van der Waals surface area contributed by atoms with Crippen LogP contribution >= 0.6 is 23.2 Å². The third-order valence-electron chi connectivity index (χ3n) is 6.06. The molecule has 1 amide bonds. The van der Waals surface area contributed by atoms with Gasteiger partial charge in [-0.15, -0.1) is 0 Å². The fourth-order valence-corrected chi connectivity index (χ4v) is 5.12. The monoisotopic (exact) mass is 411 g/mol. The van der Waals surface area contributed by atoms with Gasteiger partial charge in [-0.1, -0.05) is 29.3 Å². The lowest BCUT2D eigenvalue weighted by molar-refractivity contribution is -0.160. The van der Waals surface area contributed by atoms with Crippen molar-refractivity contribution in [2.45, 2.75) is 37.5 Å². The summed E-state index contributed by atoms with van der Waals surface area (Å²) in [5.41, 5.74) is 0.906. The molecule has 148 valence electrons. The Kier molecular flexibility index (Phi) is 5.95. The number of nitrogens with zero attached hydrogens (tertiary/aromatic N) is 3. The summed E-state index contributed by atoms with van der Waals surface area (Å²) in [4.78, 5) is 20.2. The maximum absolute atomic E-state index is 13.2. The molecule has 1 aromatic carbocycles. The molecule has 0 unspecified atom stereocenters. The van der Waals surface area contributed by atoms with E-state index in [0.29, 0.717) is 35.7 Å². The second kappa shape index (κ2) is 8.26. The van der Waals surface area contributed by atoms with Crippen LogP contribution < -0.4 is 0 Å². The molecule has 3 fully saturated rings. The van der Waals surface area contributed by atoms with Crippen LogP contribution in [0.4, 0.5) is 0 Å². The molecule has 0 aliphatic carbocycles. The Labute approximate surface area is 171 Å². The summed E-state index contributed by atoms with van der Waals surface area (Å²) in [5, 5.41) is 1.01. The lowest BCUT2D eigenvalue weighted by Gasteiger charge is -2.52. The number of fused-ring (bicyclic) bond motifs is 1. The second-order valence-electron chi connectivity index (χ2n) is 7.94. The molecule has 27 heavy (non-hydrogen) atoms. The molecule has 3 aliphatic heterocycles. The Bertz CT molecular complexity index is 696. The predicted molar refractivity (Wildman–Crippen MR) is 107 cm³/mol. The lowest BCUT2D eigenvalue weighted by Crippen LogP contribution is -2.69. The zero-order valence-corrected chi connectivity index (χ0v) is 17.3. The third kappa shape index (κ3) is 4.13. The topological polar surface area (TPSA) is 36.0 Å². The van der Waals surface area contributed by atoms with Crippen molar-refractivity contribution in [3.8, 4) is 0 Å². The van der Waals surface area contributed by atoms with Gasteiger partial charge in [-0.3, -0.25) is 9.69 Å². The van der Waals surface area contributed by atoms with E-state index in [1.165, 1.54) is 12.8 Å². The Morgan fingerprint density at radius 3 is 2.67 bits per heavy atom. The highest BCUT2D eigenvalue weighted by molar-refractivity contribution is 6.42. The summed E-state index contributed by atoms with van der Waals surface area (Å²) >= 11 is 12.1. The summed E-state index contributed by atoms with van der Waals surface area (Å²) in [5.74, 6) is 0.153. The number of halogens is 2. The van der Waals surface area contributed by atoms with Gasteiger partial charge in [0, 0.05) is 25.7 Å². The molecule has 1 aromatic rings. The van der Waals surface area contributed by atoms with E-state index in [1.54, 1.807) is 12.1 Å². The minimum absolute atomic E-state index is 0.0841. The number of morpholine rings is 1. The fraction of sp³-hybridized carbons (Fsp3) is 0.650. The van der Waals surface area contributed by atoms with Crippen LogP contribution in [0.2, 0.25) is 10.0 Å². The Morgan fingerprint density at radius 2 is 1.93 bits per heavy atom. The van der Waals surface area contributed by atoms with Gasteiger partial charge in [0.1, 0.15) is 0 Å². The van der Waals surface area contributed by atoms with Crippen molar-refractivity contribution in [2.75, 3.05) is 46.4 Å². The van der Waals surface area contributed by atoms with Crippen molar-refractivity contribution >= 4 is 29.1 Å². The Balaban J connectivity index is 1.54. The number of amides is 1. The maximum atomic E-state index is 13.2. The summed E-state index contributed by atoms with van der Waals surface area (Å²) in [7, 11) is 2.15. The van der Waals surface area contributed by atoms with Gasteiger partial charge in [-0.2, -0.15) is 0 Å². The molecular weight excluding hydrogens is 385 g/mol. The minimum atomic E-state index is 0.0841. The molecule has 0 aromatic heterocycles. The largest absolute Gasteiger partial charge is 0.373 e. The molecule has 3 aliphatic rings. The first-order chi connectivity index (χ1) is 13.0. The Morgan fingerprint density at radius 1 is 1.15 bits per heavy atom. The van der Waals surface area contributed by atoms with Gasteiger partial charge < -0.3 is 14.5 Å². The van der Waals surface area contributed by atoms with Crippen LogP contribution in [-0.2, 0) is 16.0 Å². The van der Waals surface area contributed by atoms with E-state index in [9.17, 15) is 4.79 Å². The zero-order valence-electron chi connectivity index (χ0n) is 15.7. The number of hydrogen-bond donors (Lipinski definition) is 0. The zero-order chi connectivity index (χ0) is 19.0. The van der Waals surface area contributed by atoms with Crippen LogP contribution in [0.3, 0.4) is 0 Å². The van der Waals surface area contributed by atoms with Gasteiger partial charge in [0.25, 0.3) is 0 Å². The molecule has 3 heterocycles. The van der Waals surface area contributed by atoms with E-state index in [4.69, 9.17) is 27.9 Å². The van der Waals surface area contributed by atoms with E-state index in [0.717, 1.165) is 31.7 Å². The van der Waals surface area contributed by atoms with E-state index in [1.807, 2.05) is 6.07 Å². The van der Waals surface area contributed by atoms with Crippen LogP contribution in [0.1, 0.15) is 18.4 Å². The number of likely N-dealkylation sites (N-methyl/N-ethyl adjacent to an activating group) is 1. The number of rotatable bonds is 3. The SMILES string of the molecule is CN1C[C@@H](N2CCCC2)[C@@H]2[C@@H](C1)OCCN2C(=O)Cc1ccc(Cl)c(Cl)c1. The van der Waals surface area contributed by atoms with Crippen molar-refractivity contribution in [1.29, 1.82) is 0 Å². The quantitative estimate of drug-likeness (QED) is 0.765. The first kappa shape index (κ1) is 19.5. The number of hydrogen-bond acceptors (Lipinski definition) is 4. The van der Waals surface area contributed by atoms with Gasteiger partial charge in [0.15, 0.2) is 0 Å². The van der Waals surface area contributed by atoms with Gasteiger partial charge >= 0.3 is 0 Å². The molecule has 0 bridgehead atoms. The van der Waals surface area contributed by atoms with E-state index >= 15 is 0 Å². The first-order valence-corrected chi connectivity index (χ1v) is 10.6. The molecule has 3 atom stereocenters. The molecule has 0 N–H and O–H groups in total. The molecule has 3 saturated heterocycles. The number of benzene rings is 1. The standard InChI is InChI=1S/C20H27Cl2N3O2/c1-23-12-17(24-6-2-3-7-24)20-18(13-23)27-9-8-25(20)19(26)11-14-4-5-15(21)16(22)10-14/h4-5,10,17-18,20H,2-3,6-9,11-13H2,1H3/t17-,18-,20-/m1/s1. The number of carbonyl (C=O) groups is 1. The van der Waals surface area contributed by atoms with Crippen molar-refractivity contribution in [3.05, 3.63) is 33.8 Å². The molecule has 7 heteroatoms. The van der Waals surface area contributed by atoms with Crippen LogP contribution in [0, 0.1) is 0 Å². The van der Waals surface area contributed by atoms with Crippen molar-refractivity contribution in [3.63, 3.8) is 0 Å². The van der Waals surface area contributed by atoms with Crippen LogP contribution in [0.5, 0.6) is 0 Å². The van der Waals surface area contributed by atoms with E-state index in [2.05, 4.69) is 21.7 Å². The van der Waals surface area contributed by atoms with Crippen LogP contribution in [0.25, 0.3) is 0 Å². The van der Waals surface area contributed by atoms with Gasteiger partial charge in [0.05, 0.1) is 35.2 Å². The maximum Gasteiger partial charge on any atom is 0.227 e. The average Bonchev–Trinajstić information content (AvgIpc) is 3.18. The fourth-order valence-electron chi connectivity index (χ4n) is 4.80. The molecule has 0 spiro atoms. The van der Waals surface area contributed by atoms with Gasteiger partial charge in [-0.05, 0) is 50.7 Å². The number of carbonyl (C=O) groups excluding carboxylic acids is 1. The number of likely N-dealkylation sites (tertiary alicyclic amines) is 2. The molecule has 0 saturated carbocycles. The van der Waals surface area contributed by atoms with Crippen molar-refractivity contribution in [2.24, 2.45) is 0 Å². The highest BCUT2D eigenvalue weighted by Crippen LogP contribution is 2.29. The van der Waals surface area contributed by atoms with Crippen molar-refractivity contribution < 1.29 is 9.53 Å². The summed E-state index contributed by atoms with van der Waals surface area (Å²) < 4.78 is 6.11. The highest BCUT2D eigenvalue weighted by atomic mass is 35.5. The van der Waals surface area contributed by atoms with Crippen LogP contribution in [-0.4, -0.2) is 85.2 Å². The van der Waals surface area contributed by atoms with E-state index < -0.39 is 0 Å². The molecule has 5 nitrogen and oxygen atoms in total. The smallest absolute Gasteiger partial charge is 0.227 e. The van der Waals surface area contributed by atoms with Gasteiger partial charge in [0.2, 0.25) is 5.91 Å². The van der Waals surface area contributed by atoms with Gasteiger partial charge in [-0.25, -0.2) is 0 Å². The normalized spacial score (nSPS) is 29.7. The summed E-state index contributed by atoms with van der Waals surface area (Å²) in [6.07, 6.45) is 2.93. The van der Waals surface area contributed by atoms with Crippen LogP contribution in [0.15, 0.2) is 18.2 Å². The highest BCUT2D eigenvalue weighted by Gasteiger charge is 2.46. The summed E-state index contributed by atoms with van der Waals surface area (Å²) in [6, 6.07) is 5.91. The number of piperidine rings is 1.